The van der Waals surface area contributed by atoms with E-state index in [-0.39, 0.29) is 17.9 Å². The van der Waals surface area contributed by atoms with Crippen molar-refractivity contribution in [1.82, 2.24) is 20.7 Å². The molecule has 8 nitrogen and oxygen atoms in total. The minimum absolute atomic E-state index is 0.0168. The van der Waals surface area contributed by atoms with Crippen molar-refractivity contribution in [2.45, 2.75) is 38.2 Å². The number of carbonyl (C=O) groups excluding carboxylic acids is 2. The lowest BCUT2D eigenvalue weighted by Gasteiger charge is -2.45. The number of ether oxygens (including phenoxy) is 1. The van der Waals surface area contributed by atoms with Crippen LogP contribution in [0.5, 0.6) is 0 Å². The van der Waals surface area contributed by atoms with Gasteiger partial charge in [0, 0.05) is 26.2 Å². The van der Waals surface area contributed by atoms with E-state index in [2.05, 4.69) is 10.9 Å². The maximum atomic E-state index is 12.7. The number of nitrogens with one attached hydrogen (secondary N) is 2. The van der Waals surface area contributed by atoms with Crippen molar-refractivity contribution < 1.29 is 14.3 Å². The lowest BCUT2D eigenvalue weighted by molar-refractivity contribution is -0.146. The van der Waals surface area contributed by atoms with Crippen LogP contribution in [0.1, 0.15) is 13.8 Å². The third-order valence-electron chi connectivity index (χ3n) is 4.47. The van der Waals surface area contributed by atoms with Crippen molar-refractivity contribution in [3.63, 3.8) is 0 Å². The highest BCUT2D eigenvalue weighted by atomic mass is 16.5. The summed E-state index contributed by atoms with van der Waals surface area (Å²) >= 11 is 0. The van der Waals surface area contributed by atoms with Gasteiger partial charge in [-0.1, -0.05) is 0 Å². The fourth-order valence-corrected chi connectivity index (χ4v) is 3.57. The number of carbonyl (C=O) groups is 2. The average molecular weight is 295 g/mol. The monoisotopic (exact) mass is 295 g/mol. The molecule has 21 heavy (non-hydrogen) atoms. The van der Waals surface area contributed by atoms with Gasteiger partial charge in [0.15, 0.2) is 0 Å². The van der Waals surface area contributed by atoms with Gasteiger partial charge in [-0.2, -0.15) is 0 Å². The highest BCUT2D eigenvalue weighted by Gasteiger charge is 2.55. The molecule has 3 heterocycles. The van der Waals surface area contributed by atoms with E-state index in [9.17, 15) is 9.59 Å². The van der Waals surface area contributed by atoms with Crippen LogP contribution in [-0.2, 0) is 14.3 Å². The number of nitrogens with two attached hydrogens (primary N) is 1. The van der Waals surface area contributed by atoms with E-state index < -0.39 is 18.3 Å². The Balaban J connectivity index is 2.08. The Morgan fingerprint density at radius 2 is 2.14 bits per heavy atom. The summed E-state index contributed by atoms with van der Waals surface area (Å²) < 4.78 is 5.49. The van der Waals surface area contributed by atoms with Crippen LogP contribution in [0.3, 0.4) is 0 Å². The van der Waals surface area contributed by atoms with Gasteiger partial charge in [0.1, 0.15) is 18.3 Å². The highest BCUT2D eigenvalue weighted by molar-refractivity contribution is 5.99. The Kier molecular flexibility index (Phi) is 3.39. The molecule has 1 fully saturated rings. The van der Waals surface area contributed by atoms with Crippen LogP contribution in [0.2, 0.25) is 0 Å². The first-order chi connectivity index (χ1) is 10.0. The fourth-order valence-electron chi connectivity index (χ4n) is 3.57. The van der Waals surface area contributed by atoms with Gasteiger partial charge in [-0.25, -0.2) is 5.43 Å². The number of nitrogens with zero attached hydrogens (tertiary/aromatic N) is 2. The van der Waals surface area contributed by atoms with Crippen LogP contribution in [0.4, 0.5) is 0 Å². The smallest absolute Gasteiger partial charge is 0.265 e. The molecule has 1 saturated heterocycles. The third-order valence-corrected chi connectivity index (χ3v) is 4.47. The van der Waals surface area contributed by atoms with Crippen molar-refractivity contribution in [2.24, 2.45) is 5.73 Å². The average Bonchev–Trinajstić information content (AvgIpc) is 2.83. The van der Waals surface area contributed by atoms with Crippen molar-refractivity contribution in [1.29, 1.82) is 0 Å². The molecule has 0 aromatic rings. The molecule has 3 unspecified atom stereocenters. The molecule has 3 aliphatic rings. The number of rotatable bonds is 2. The Bertz CT molecular complexity index is 520. The Hall–Kier alpha value is -1.64. The fraction of sp³-hybridized carbons (Fsp3) is 0.692. The van der Waals surface area contributed by atoms with Gasteiger partial charge in [0.2, 0.25) is 5.91 Å². The van der Waals surface area contributed by atoms with Crippen molar-refractivity contribution in [3.05, 3.63) is 11.3 Å². The second-order valence-corrected chi connectivity index (χ2v) is 5.61. The molecule has 0 spiro atoms. The zero-order valence-electron chi connectivity index (χ0n) is 12.4. The number of fused-ring (bicyclic) bond motifs is 2. The van der Waals surface area contributed by atoms with Crippen molar-refractivity contribution in [2.75, 3.05) is 20.2 Å². The molecular formula is C13H21N5O3. The van der Waals surface area contributed by atoms with Gasteiger partial charge in [0.25, 0.3) is 5.91 Å². The van der Waals surface area contributed by atoms with Gasteiger partial charge in [0.05, 0.1) is 11.3 Å². The number of piperazine rings is 1. The summed E-state index contributed by atoms with van der Waals surface area (Å²) in [5, 5.41) is 0. The first-order valence-corrected chi connectivity index (χ1v) is 7.16. The lowest BCUT2D eigenvalue weighted by atomic mass is 10.0. The molecule has 116 valence electrons. The van der Waals surface area contributed by atoms with E-state index >= 15 is 0 Å². The maximum Gasteiger partial charge on any atom is 0.265 e. The van der Waals surface area contributed by atoms with Crippen LogP contribution < -0.4 is 16.6 Å². The second kappa shape index (κ2) is 4.97. The van der Waals surface area contributed by atoms with Crippen LogP contribution in [-0.4, -0.2) is 66.2 Å². The van der Waals surface area contributed by atoms with E-state index in [1.807, 2.05) is 18.7 Å². The minimum atomic E-state index is -0.586. The predicted octanol–water partition coefficient (Wildman–Crippen LogP) is -1.89. The molecule has 0 bridgehead atoms. The summed E-state index contributed by atoms with van der Waals surface area (Å²) in [7, 11) is 1.52. The summed E-state index contributed by atoms with van der Waals surface area (Å²) in [6.45, 7) is 5.24. The topological polar surface area (TPSA) is 99.9 Å². The van der Waals surface area contributed by atoms with Crippen molar-refractivity contribution >= 4 is 11.8 Å². The van der Waals surface area contributed by atoms with E-state index in [1.165, 1.54) is 7.11 Å². The normalized spacial score (nSPS) is 35.8. The molecule has 0 aliphatic carbocycles. The summed E-state index contributed by atoms with van der Waals surface area (Å²) in [4.78, 5) is 28.6. The molecule has 0 aromatic heterocycles. The predicted molar refractivity (Wildman–Crippen MR) is 74.4 cm³/mol. The second-order valence-electron chi connectivity index (χ2n) is 5.61. The van der Waals surface area contributed by atoms with Crippen LogP contribution >= 0.6 is 0 Å². The Morgan fingerprint density at radius 3 is 2.76 bits per heavy atom. The van der Waals surface area contributed by atoms with E-state index in [1.54, 1.807) is 4.90 Å². The molecule has 4 atom stereocenters. The zero-order valence-corrected chi connectivity index (χ0v) is 12.4. The number of likely N-dealkylation sites (N-methyl/N-ethyl adjacent to an activating group) is 1. The minimum Gasteiger partial charge on any atom is -0.374 e. The van der Waals surface area contributed by atoms with Gasteiger partial charge in [-0.05, 0) is 13.8 Å². The standard InChI is InChI=1S/C13H21N5O3/c1-4-17-5-6(2)18-8-7(12(19)16-15-11(8)14)10(21-3)9(18)13(17)20/h6,9-11,15H,4-5,14H2,1-3H3,(H,16,19)/t6-,9?,10?,11?/m0/s1. The first-order valence-electron chi connectivity index (χ1n) is 7.16. The molecule has 4 N–H and O–H groups in total. The molecule has 2 amide bonds. The lowest BCUT2D eigenvalue weighted by Crippen LogP contribution is -2.63. The molecule has 0 saturated carbocycles. The van der Waals surface area contributed by atoms with Gasteiger partial charge < -0.3 is 20.3 Å². The quantitative estimate of drug-likeness (QED) is 0.551. The van der Waals surface area contributed by atoms with Gasteiger partial charge >= 0.3 is 0 Å². The molecular weight excluding hydrogens is 274 g/mol. The number of hydrogen-bond donors (Lipinski definition) is 3. The van der Waals surface area contributed by atoms with Gasteiger partial charge in [-0.15, -0.1) is 0 Å². The van der Waals surface area contributed by atoms with E-state index in [4.69, 9.17) is 10.5 Å². The third kappa shape index (κ3) is 1.86. The molecule has 0 radical (unpaired) electrons. The van der Waals surface area contributed by atoms with E-state index in [0.29, 0.717) is 24.4 Å². The van der Waals surface area contributed by atoms with Gasteiger partial charge in [-0.3, -0.25) is 15.0 Å². The Morgan fingerprint density at radius 1 is 1.43 bits per heavy atom. The zero-order chi connectivity index (χ0) is 15.3. The summed E-state index contributed by atoms with van der Waals surface area (Å²) in [5.74, 6) is -0.298. The van der Waals surface area contributed by atoms with Crippen LogP contribution in [0.15, 0.2) is 11.3 Å². The summed E-state index contributed by atoms with van der Waals surface area (Å²) in [6.07, 6.45) is -1.12. The number of amides is 2. The SMILES string of the molecule is CCN1C[C@H](C)N2C3=C(C(=O)NNC3N)C(OC)C2C1=O. The summed E-state index contributed by atoms with van der Waals surface area (Å²) in [6, 6.07) is -0.433. The highest BCUT2D eigenvalue weighted by Crippen LogP contribution is 2.38. The molecule has 3 rings (SSSR count). The number of hydrogen-bond acceptors (Lipinski definition) is 6. The van der Waals surface area contributed by atoms with E-state index in [0.717, 1.165) is 0 Å². The maximum absolute atomic E-state index is 12.7. The van der Waals surface area contributed by atoms with Crippen molar-refractivity contribution in [3.8, 4) is 0 Å². The molecule has 8 heteroatoms. The largest absolute Gasteiger partial charge is 0.374 e. The number of methoxy groups -OCH3 is 1. The number of hydrazine groups is 1. The molecule has 3 aliphatic heterocycles. The first kappa shape index (κ1) is 14.3. The Labute approximate surface area is 123 Å². The molecule has 0 aromatic carbocycles. The van der Waals surface area contributed by atoms with Crippen LogP contribution in [0.25, 0.3) is 0 Å². The van der Waals surface area contributed by atoms with Crippen LogP contribution in [0, 0.1) is 0 Å². The summed E-state index contributed by atoms with van der Waals surface area (Å²) in [5.41, 5.74) is 12.5.